The molecule has 6 atom stereocenters. The van der Waals surface area contributed by atoms with Gasteiger partial charge in [-0.15, -0.1) is 0 Å². The van der Waals surface area contributed by atoms with Crippen LogP contribution in [0.1, 0.15) is 6.23 Å². The molecule has 1 aromatic rings. The van der Waals surface area contributed by atoms with E-state index in [-0.39, 0.29) is 79.9 Å². The van der Waals surface area contributed by atoms with Crippen LogP contribution in [0.2, 0.25) is 0 Å². The van der Waals surface area contributed by atoms with Gasteiger partial charge in [0.2, 0.25) is 0 Å². The van der Waals surface area contributed by atoms with Gasteiger partial charge in [-0.1, -0.05) is 0 Å². The molecular formula is C9H10BrLi4N2O15P3. The minimum absolute atomic E-state index is 0. The van der Waals surface area contributed by atoms with Crippen LogP contribution in [0, 0.1) is 0 Å². The number of H-pyrrole nitrogens is 1. The number of rotatable bonds is 8. The summed E-state index contributed by atoms with van der Waals surface area (Å²) in [6, 6.07) is 0. The summed E-state index contributed by atoms with van der Waals surface area (Å²) >= 11 is 2.83. The van der Waals surface area contributed by atoms with E-state index < -0.39 is 65.9 Å². The fourth-order valence-corrected chi connectivity index (χ4v) is 5.38. The Hall–Kier alpha value is 1.84. The maximum absolute atomic E-state index is 11.8. The average Bonchev–Trinajstić information content (AvgIpc) is 2.81. The number of hydrogen-bond donors (Lipinski definition) is 3. The topological polar surface area (TPSA) is 276 Å². The Morgan fingerprint density at radius 2 is 1.53 bits per heavy atom. The van der Waals surface area contributed by atoms with E-state index in [0.29, 0.717) is 4.57 Å². The minimum Gasteiger partial charge on any atom is -0.790 e. The smallest absolute Gasteiger partial charge is 0.790 e. The van der Waals surface area contributed by atoms with Gasteiger partial charge in [-0.2, -0.15) is 0 Å². The van der Waals surface area contributed by atoms with Gasteiger partial charge >= 0.3 is 81.1 Å². The number of nitrogens with zero attached hydrogens (tertiary/aromatic N) is 1. The van der Waals surface area contributed by atoms with Crippen LogP contribution in [-0.2, 0) is 31.6 Å². The van der Waals surface area contributed by atoms with Crippen LogP contribution in [0.15, 0.2) is 20.3 Å². The largest absolute Gasteiger partial charge is 1.00 e. The fraction of sp³-hybridized carbons (Fsp3) is 0.556. The molecule has 1 aliphatic heterocycles. The van der Waals surface area contributed by atoms with Crippen molar-refractivity contribution in [3.63, 3.8) is 0 Å². The van der Waals surface area contributed by atoms with Gasteiger partial charge in [0, 0.05) is 6.20 Å². The third-order valence-electron chi connectivity index (χ3n) is 3.33. The van der Waals surface area contributed by atoms with Crippen molar-refractivity contribution in [2.24, 2.45) is 0 Å². The molecule has 3 N–H and O–H groups in total. The Labute approximate surface area is 246 Å². The molecule has 1 aromatic heterocycles. The summed E-state index contributed by atoms with van der Waals surface area (Å²) in [5.74, 6) is 0. The third kappa shape index (κ3) is 11.7. The Morgan fingerprint density at radius 1 is 1.00 bits per heavy atom. The molecule has 6 unspecified atom stereocenters. The van der Waals surface area contributed by atoms with E-state index in [4.69, 9.17) is 4.74 Å². The Bertz CT molecular complexity index is 1070. The van der Waals surface area contributed by atoms with Gasteiger partial charge in [0.1, 0.15) is 18.3 Å². The number of hydrogen-bond acceptors (Lipinski definition) is 15. The van der Waals surface area contributed by atoms with Crippen molar-refractivity contribution < 1.29 is 137 Å². The molecule has 0 bridgehead atoms. The van der Waals surface area contributed by atoms with E-state index in [1.807, 2.05) is 4.98 Å². The SMILES string of the molecule is O=c1[nH]c(=O)n(C2OC(COP(=O)([O-])OP(=O)([O-])OP(=O)([O-])[O-])C(O)C2O)cc1Br.[Li+].[Li+].[Li+].[Li+]. The van der Waals surface area contributed by atoms with Crippen molar-refractivity contribution in [1.82, 2.24) is 9.55 Å². The molecule has 34 heavy (non-hydrogen) atoms. The van der Waals surface area contributed by atoms with Crippen LogP contribution in [0.4, 0.5) is 0 Å². The number of aliphatic hydroxyl groups excluding tert-OH is 2. The summed E-state index contributed by atoms with van der Waals surface area (Å²) in [6.45, 7) is -1.18. The standard InChI is InChI=1S/C9H14BrN2O15P3.4Li/c10-3-1-12(9(16)11-7(3)15)8-6(14)5(13)4(25-8)2-24-29(20,21)27-30(22,23)26-28(17,18)19;;;;/h1,4-6,8,13-14H,2H2,(H,20,21)(H,22,23)(H,11,15,16)(H2,17,18,19);;;;/q;4*+1/p-4. The first-order valence-corrected chi connectivity index (χ1v) is 12.4. The van der Waals surface area contributed by atoms with Crippen LogP contribution < -0.4 is 106 Å². The molecule has 0 radical (unpaired) electrons. The zero-order valence-electron chi connectivity index (χ0n) is 18.0. The monoisotopic (exact) mass is 586 g/mol. The van der Waals surface area contributed by atoms with Gasteiger partial charge in [0.25, 0.3) is 21.2 Å². The van der Waals surface area contributed by atoms with E-state index in [1.165, 1.54) is 0 Å². The van der Waals surface area contributed by atoms with Crippen molar-refractivity contribution in [1.29, 1.82) is 0 Å². The second-order valence-corrected chi connectivity index (χ2v) is 10.6. The predicted octanol–water partition coefficient (Wildman–Crippen LogP) is -16.3. The summed E-state index contributed by atoms with van der Waals surface area (Å²) in [5, 5.41) is 20.0. The van der Waals surface area contributed by atoms with Crippen molar-refractivity contribution in [3.05, 3.63) is 31.5 Å². The summed E-state index contributed by atoms with van der Waals surface area (Å²) in [6.07, 6.45) is -6.08. The molecule has 1 saturated heterocycles. The molecule has 1 fully saturated rings. The summed E-state index contributed by atoms with van der Waals surface area (Å²) < 4.78 is 48.9. The Kier molecular flexibility index (Phi) is 18.3. The van der Waals surface area contributed by atoms with Crippen LogP contribution in [-0.4, -0.2) is 44.7 Å². The molecule has 0 amide bonds. The molecule has 0 aromatic carbocycles. The summed E-state index contributed by atoms with van der Waals surface area (Å²) in [7, 11) is -18.2. The number of aromatic amines is 1. The first-order valence-electron chi connectivity index (χ1n) is 7.25. The summed E-state index contributed by atoms with van der Waals surface area (Å²) in [5.41, 5.74) is -1.86. The van der Waals surface area contributed by atoms with Crippen molar-refractivity contribution in [2.75, 3.05) is 6.61 Å². The molecule has 25 heteroatoms. The van der Waals surface area contributed by atoms with Crippen LogP contribution in [0.25, 0.3) is 0 Å². The van der Waals surface area contributed by atoms with Crippen molar-refractivity contribution in [2.45, 2.75) is 24.5 Å². The van der Waals surface area contributed by atoms with Gasteiger partial charge in [-0.25, -0.2) is 9.11 Å². The van der Waals surface area contributed by atoms with Crippen LogP contribution >= 0.6 is 39.4 Å². The van der Waals surface area contributed by atoms with Crippen LogP contribution in [0.5, 0.6) is 0 Å². The van der Waals surface area contributed by atoms with E-state index in [9.17, 15) is 53.1 Å². The normalized spacial score (nSPS) is 25.4. The number of nitrogens with one attached hydrogen (secondary N) is 1. The number of aromatic nitrogens is 2. The number of phosphoric ester groups is 1. The molecule has 2 heterocycles. The number of ether oxygens (including phenoxy) is 1. The van der Waals surface area contributed by atoms with Crippen molar-refractivity contribution >= 4 is 39.4 Å². The molecule has 0 aliphatic carbocycles. The van der Waals surface area contributed by atoms with Gasteiger partial charge in [0.05, 0.1) is 18.9 Å². The number of phosphoric acid groups is 3. The first kappa shape index (κ1) is 40.3. The Balaban J connectivity index is -0.00000240. The number of aliphatic hydroxyl groups is 2. The van der Waals surface area contributed by atoms with E-state index in [1.54, 1.807) is 0 Å². The van der Waals surface area contributed by atoms with E-state index >= 15 is 0 Å². The Morgan fingerprint density at radius 3 is 2.03 bits per heavy atom. The van der Waals surface area contributed by atoms with Gasteiger partial charge < -0.3 is 43.6 Å². The summed E-state index contributed by atoms with van der Waals surface area (Å²) in [4.78, 5) is 68.1. The zero-order valence-corrected chi connectivity index (χ0v) is 22.2. The molecular weight excluding hydrogens is 577 g/mol. The molecule has 2 rings (SSSR count). The maximum Gasteiger partial charge on any atom is 1.00 e. The number of halogens is 1. The van der Waals surface area contributed by atoms with Gasteiger partial charge in [-0.3, -0.25) is 27.8 Å². The maximum atomic E-state index is 11.8. The molecule has 1 aliphatic rings. The molecule has 17 nitrogen and oxygen atoms in total. The third-order valence-corrected chi connectivity index (χ3v) is 7.56. The molecule has 172 valence electrons. The molecule has 0 saturated carbocycles. The van der Waals surface area contributed by atoms with E-state index in [2.05, 4.69) is 29.1 Å². The van der Waals surface area contributed by atoms with E-state index in [0.717, 1.165) is 6.20 Å². The fourth-order valence-electron chi connectivity index (χ4n) is 2.19. The first-order chi connectivity index (χ1) is 13.5. The average molecular weight is 587 g/mol. The predicted molar refractivity (Wildman–Crippen MR) is 85.9 cm³/mol. The van der Waals surface area contributed by atoms with Crippen molar-refractivity contribution in [3.8, 4) is 0 Å². The second kappa shape index (κ2) is 15.4. The van der Waals surface area contributed by atoms with Gasteiger partial charge in [-0.05, 0) is 15.9 Å². The molecule has 0 spiro atoms. The quantitative estimate of drug-likeness (QED) is 0.188. The van der Waals surface area contributed by atoms with Crippen LogP contribution in [0.3, 0.4) is 0 Å². The van der Waals surface area contributed by atoms with Gasteiger partial charge in [0.15, 0.2) is 6.23 Å². The second-order valence-electron chi connectivity index (χ2n) is 5.49. The minimum atomic E-state index is -6.18. The zero-order chi connectivity index (χ0) is 23.1.